The maximum absolute atomic E-state index is 10.5. The molecule has 0 N–H and O–H groups in total. The molecule has 1 aromatic heterocycles. The van der Waals surface area contributed by atoms with E-state index in [1.807, 2.05) is 0 Å². The molecule has 1 rings (SSSR count). The summed E-state index contributed by atoms with van der Waals surface area (Å²) in [5.74, 6) is -0.142. The van der Waals surface area contributed by atoms with Gasteiger partial charge in [-0.15, -0.1) is 0 Å². The fourth-order valence-electron chi connectivity index (χ4n) is 0.678. The summed E-state index contributed by atoms with van der Waals surface area (Å²) in [6.45, 7) is 0. The second-order valence-corrected chi connectivity index (χ2v) is 4.82. The predicted octanol–water partition coefficient (Wildman–Crippen LogP) is -1.85. The Kier molecular flexibility index (Phi) is 4.52. The Bertz CT molecular complexity index is 325. The summed E-state index contributed by atoms with van der Waals surface area (Å²) < 4.78 is 21.1. The van der Waals surface area contributed by atoms with Gasteiger partial charge in [0, 0.05) is 23.1 Å². The Morgan fingerprint density at radius 2 is 1.83 bits per heavy atom. The average molecular weight is 227 g/mol. The van der Waals surface area contributed by atoms with E-state index in [0.29, 0.717) is 5.56 Å². The summed E-state index contributed by atoms with van der Waals surface area (Å²) in [5.41, 5.74) is 0.648. The molecule has 0 atom stereocenters. The van der Waals surface area contributed by atoms with Gasteiger partial charge in [0.1, 0.15) is 0 Å². The Labute approximate surface area is 81.6 Å². The molecule has 1 aromatic rings. The zero-order chi connectivity index (χ0) is 8.32. The highest BCUT2D eigenvalue weighted by Crippen LogP contribution is 2.07. The second-order valence-electron chi connectivity index (χ2n) is 2.04. The number of aromatic nitrogens is 1. The minimum atomic E-state index is -3.43. The monoisotopic (exact) mass is 226 g/mol. The van der Waals surface area contributed by atoms with Crippen LogP contribution in [0.25, 0.3) is 0 Å². The summed E-state index contributed by atoms with van der Waals surface area (Å²) in [7, 11) is 1.59. The van der Waals surface area contributed by atoms with E-state index in [2.05, 4.69) is 4.98 Å². The van der Waals surface area contributed by atoms with E-state index in [1.165, 1.54) is 12.4 Å². The van der Waals surface area contributed by atoms with Gasteiger partial charge in [-0.25, -0.2) is 8.42 Å². The molecule has 0 spiro atoms. The lowest BCUT2D eigenvalue weighted by atomic mass is 10.3. The molecule has 0 aromatic carbocycles. The molecule has 0 aliphatic heterocycles. The summed E-state index contributed by atoms with van der Waals surface area (Å²) >= 11 is 0. The van der Waals surface area contributed by atoms with Crippen LogP contribution in [-0.4, -0.2) is 13.4 Å². The van der Waals surface area contributed by atoms with Gasteiger partial charge in [-0.3, -0.25) is 4.98 Å². The van der Waals surface area contributed by atoms with Crippen molar-refractivity contribution in [3.8, 4) is 0 Å². The van der Waals surface area contributed by atoms with Crippen LogP contribution in [0.5, 0.6) is 0 Å². The standard InChI is InChI=1S/C6H6ClNO2S.ClH/c7-11(9,10)5-6-1-3-8-4-2-6;/h1-4H,5H2;1H/p-1. The third kappa shape index (κ3) is 4.54. The van der Waals surface area contributed by atoms with Crippen LogP contribution >= 0.6 is 10.7 Å². The smallest absolute Gasteiger partial charge is 0.236 e. The van der Waals surface area contributed by atoms with Crippen molar-refractivity contribution >= 4 is 19.7 Å². The van der Waals surface area contributed by atoms with Gasteiger partial charge in [-0.1, -0.05) is 0 Å². The minimum absolute atomic E-state index is 0. The van der Waals surface area contributed by atoms with Crippen LogP contribution in [0.1, 0.15) is 5.56 Å². The maximum Gasteiger partial charge on any atom is 0.236 e. The van der Waals surface area contributed by atoms with Crippen molar-refractivity contribution in [2.45, 2.75) is 5.75 Å². The van der Waals surface area contributed by atoms with E-state index in [1.54, 1.807) is 12.1 Å². The molecule has 0 fully saturated rings. The van der Waals surface area contributed by atoms with Gasteiger partial charge in [-0.05, 0) is 17.7 Å². The lowest BCUT2D eigenvalue weighted by molar-refractivity contribution is -0.00000465. The molecule has 0 bridgehead atoms. The molecule has 6 heteroatoms. The molecule has 3 nitrogen and oxygen atoms in total. The van der Waals surface area contributed by atoms with Crippen molar-refractivity contribution in [2.24, 2.45) is 0 Å². The van der Waals surface area contributed by atoms with Gasteiger partial charge in [0.2, 0.25) is 9.05 Å². The fraction of sp³-hybridized carbons (Fsp3) is 0.167. The largest absolute Gasteiger partial charge is 1.00 e. The van der Waals surface area contributed by atoms with Crippen LogP contribution in [0.3, 0.4) is 0 Å². The zero-order valence-electron chi connectivity index (χ0n) is 5.94. The van der Waals surface area contributed by atoms with Crippen LogP contribution in [0.2, 0.25) is 0 Å². The molecule has 0 aliphatic rings. The number of nitrogens with zero attached hydrogens (tertiary/aromatic N) is 1. The number of pyridine rings is 1. The second kappa shape index (κ2) is 4.64. The van der Waals surface area contributed by atoms with Crippen molar-refractivity contribution in [1.82, 2.24) is 4.98 Å². The van der Waals surface area contributed by atoms with Crippen LogP contribution in [0.15, 0.2) is 24.5 Å². The van der Waals surface area contributed by atoms with Gasteiger partial charge < -0.3 is 12.4 Å². The van der Waals surface area contributed by atoms with Crippen molar-refractivity contribution < 1.29 is 20.8 Å². The van der Waals surface area contributed by atoms with E-state index in [-0.39, 0.29) is 18.2 Å². The number of halogens is 2. The van der Waals surface area contributed by atoms with Gasteiger partial charge in [0.05, 0.1) is 5.75 Å². The van der Waals surface area contributed by atoms with E-state index in [9.17, 15) is 8.42 Å². The third-order valence-corrected chi connectivity index (χ3v) is 2.09. The Hall–Kier alpha value is -0.320. The average Bonchev–Trinajstić information content (AvgIpc) is 1.85. The maximum atomic E-state index is 10.5. The summed E-state index contributed by atoms with van der Waals surface area (Å²) in [5, 5.41) is 0. The number of hydrogen-bond donors (Lipinski definition) is 0. The molecule has 12 heavy (non-hydrogen) atoms. The van der Waals surface area contributed by atoms with Crippen molar-refractivity contribution in [2.75, 3.05) is 0 Å². The first-order valence-corrected chi connectivity index (χ1v) is 5.37. The fourth-order valence-corrected chi connectivity index (χ4v) is 1.65. The van der Waals surface area contributed by atoms with Crippen molar-refractivity contribution in [3.63, 3.8) is 0 Å². The van der Waals surface area contributed by atoms with Crippen LogP contribution in [0.4, 0.5) is 0 Å². The zero-order valence-corrected chi connectivity index (χ0v) is 8.27. The van der Waals surface area contributed by atoms with Gasteiger partial charge in [-0.2, -0.15) is 0 Å². The normalized spacial score (nSPS) is 10.4. The highest BCUT2D eigenvalue weighted by atomic mass is 35.7. The van der Waals surface area contributed by atoms with Crippen LogP contribution in [0, 0.1) is 0 Å². The summed E-state index contributed by atoms with van der Waals surface area (Å²) in [6, 6.07) is 3.22. The van der Waals surface area contributed by atoms with E-state index in [0.717, 1.165) is 0 Å². The molecule has 0 saturated carbocycles. The lowest BCUT2D eigenvalue weighted by Gasteiger charge is -1.94. The molecule has 0 saturated heterocycles. The van der Waals surface area contributed by atoms with E-state index >= 15 is 0 Å². The van der Waals surface area contributed by atoms with E-state index < -0.39 is 9.05 Å². The predicted molar refractivity (Wildman–Crippen MR) is 42.7 cm³/mol. The summed E-state index contributed by atoms with van der Waals surface area (Å²) in [4.78, 5) is 3.74. The van der Waals surface area contributed by atoms with Crippen LogP contribution in [-0.2, 0) is 14.8 Å². The first kappa shape index (κ1) is 11.7. The first-order valence-electron chi connectivity index (χ1n) is 2.89. The van der Waals surface area contributed by atoms with Crippen LogP contribution < -0.4 is 12.4 Å². The molecular weight excluding hydrogens is 221 g/mol. The molecule has 0 amide bonds. The minimum Gasteiger partial charge on any atom is -1.00 e. The molecular formula is C6H6Cl2NO2S-. The SMILES string of the molecule is O=S(=O)(Cl)Cc1ccncc1.[Cl-]. The molecule has 1 heterocycles. The van der Waals surface area contributed by atoms with Gasteiger partial charge in [0.25, 0.3) is 0 Å². The Morgan fingerprint density at radius 1 is 1.33 bits per heavy atom. The third-order valence-electron chi connectivity index (χ3n) is 1.09. The van der Waals surface area contributed by atoms with Crippen molar-refractivity contribution in [3.05, 3.63) is 30.1 Å². The molecule has 0 unspecified atom stereocenters. The number of hydrogen-bond acceptors (Lipinski definition) is 3. The topological polar surface area (TPSA) is 47.0 Å². The van der Waals surface area contributed by atoms with E-state index in [4.69, 9.17) is 10.7 Å². The van der Waals surface area contributed by atoms with Gasteiger partial charge in [0.15, 0.2) is 0 Å². The summed E-state index contributed by atoms with van der Waals surface area (Å²) in [6.07, 6.45) is 3.05. The highest BCUT2D eigenvalue weighted by molar-refractivity contribution is 8.13. The van der Waals surface area contributed by atoms with Gasteiger partial charge >= 0.3 is 0 Å². The number of rotatable bonds is 2. The Morgan fingerprint density at radius 3 is 2.25 bits per heavy atom. The quantitative estimate of drug-likeness (QED) is 0.557. The molecule has 0 aliphatic carbocycles. The molecule has 0 radical (unpaired) electrons. The molecule has 68 valence electrons. The highest BCUT2D eigenvalue weighted by Gasteiger charge is 2.05. The first-order chi connectivity index (χ1) is 5.08. The van der Waals surface area contributed by atoms with Crippen molar-refractivity contribution in [1.29, 1.82) is 0 Å². The Balaban J connectivity index is 0.00000121. The lowest BCUT2D eigenvalue weighted by Crippen LogP contribution is -3.00.